The first-order valence-corrected chi connectivity index (χ1v) is 11.8. The molecule has 0 saturated carbocycles. The zero-order valence-electron chi connectivity index (χ0n) is 22.2. The summed E-state index contributed by atoms with van der Waals surface area (Å²) in [7, 11) is 0. The summed E-state index contributed by atoms with van der Waals surface area (Å²) < 4.78 is 0. The monoisotopic (exact) mass is 585 g/mol. The predicted molar refractivity (Wildman–Crippen MR) is 149 cm³/mol. The fraction of sp³-hybridized carbons (Fsp3) is 0.391. The van der Waals surface area contributed by atoms with Gasteiger partial charge in [-0.25, -0.2) is 0 Å². The molecule has 1 aromatic carbocycles. The topological polar surface area (TPSA) is 377 Å². The van der Waals surface area contributed by atoms with E-state index in [0.29, 0.717) is 25.8 Å². The third kappa shape index (κ3) is 19.9. The number of hydrogen-bond donors (Lipinski definition) is 12. The van der Waals surface area contributed by atoms with E-state index >= 15 is 0 Å². The predicted octanol–water partition coefficient (Wildman–Crippen LogP) is -3.12. The number of aliphatic imine (C=N–C) groups is 1. The number of H-pyrrole nitrogens is 1. The second-order valence-electron chi connectivity index (χ2n) is 8.11. The summed E-state index contributed by atoms with van der Waals surface area (Å²) in [5, 5.41) is 33.8. The lowest BCUT2D eigenvalue weighted by atomic mass is 10.1. The van der Waals surface area contributed by atoms with Gasteiger partial charge in [-0.05, 0) is 24.5 Å². The molecule has 0 aliphatic heterocycles. The Morgan fingerprint density at radius 2 is 1.34 bits per heavy atom. The van der Waals surface area contributed by atoms with Gasteiger partial charge in [0.1, 0.15) is 18.1 Å². The molecule has 0 spiro atoms. The van der Waals surface area contributed by atoms with Crippen molar-refractivity contribution in [3.63, 3.8) is 0 Å². The van der Waals surface area contributed by atoms with E-state index in [0.717, 1.165) is 16.5 Å². The zero-order chi connectivity index (χ0) is 32.1. The molecule has 0 bridgehead atoms. The van der Waals surface area contributed by atoms with Crippen LogP contribution in [0.3, 0.4) is 0 Å². The maximum absolute atomic E-state index is 10.6. The highest BCUT2D eigenvalue weighted by atomic mass is 16.4. The maximum Gasteiger partial charge on any atom is 0.321 e. The molecular formula is C23H39N9O9. The average molecular weight is 586 g/mol. The molecular weight excluding hydrogens is 546 g/mol. The number of carboxylic acid groups (broad SMARTS) is 4. The van der Waals surface area contributed by atoms with Crippen LogP contribution in [0.15, 0.2) is 35.5 Å². The summed E-state index contributed by atoms with van der Waals surface area (Å²) in [6.45, 7) is 0.142. The summed E-state index contributed by atoms with van der Waals surface area (Å²) in [5.74, 6) is -4.84. The van der Waals surface area contributed by atoms with Gasteiger partial charge in [0.2, 0.25) is 5.91 Å². The summed E-state index contributed by atoms with van der Waals surface area (Å²) >= 11 is 0. The molecule has 0 unspecified atom stereocenters. The third-order valence-corrected chi connectivity index (χ3v) is 4.63. The number of nitrogens with two attached hydrogens (primary N) is 7. The highest BCUT2D eigenvalue weighted by Crippen LogP contribution is 2.18. The van der Waals surface area contributed by atoms with Crippen molar-refractivity contribution in [3.05, 3.63) is 36.0 Å². The molecule has 0 radical (unpaired) electrons. The van der Waals surface area contributed by atoms with Gasteiger partial charge in [-0.3, -0.25) is 29.0 Å². The van der Waals surface area contributed by atoms with Crippen molar-refractivity contribution in [1.29, 1.82) is 0 Å². The molecule has 41 heavy (non-hydrogen) atoms. The molecule has 18 nitrogen and oxygen atoms in total. The number of primary amides is 1. The highest BCUT2D eigenvalue weighted by Gasteiger charge is 2.14. The van der Waals surface area contributed by atoms with Crippen molar-refractivity contribution in [3.8, 4) is 0 Å². The number of carbonyl (C=O) groups is 5. The van der Waals surface area contributed by atoms with E-state index in [1.165, 1.54) is 0 Å². The Balaban J connectivity index is 0. The molecule has 19 N–H and O–H groups in total. The van der Waals surface area contributed by atoms with Gasteiger partial charge in [-0.2, -0.15) is 0 Å². The minimum Gasteiger partial charge on any atom is -0.480 e. The van der Waals surface area contributed by atoms with Crippen LogP contribution >= 0.6 is 0 Å². The van der Waals surface area contributed by atoms with E-state index in [2.05, 4.69) is 21.4 Å². The molecule has 2 aromatic rings. The van der Waals surface area contributed by atoms with Crippen LogP contribution in [0.2, 0.25) is 0 Å². The van der Waals surface area contributed by atoms with Gasteiger partial charge >= 0.3 is 23.9 Å². The number of nitrogens with one attached hydrogen (secondary N) is 1. The molecule has 3 atom stereocenters. The molecule has 1 aromatic heterocycles. The van der Waals surface area contributed by atoms with Gasteiger partial charge in [0.05, 0.1) is 13.0 Å². The first-order chi connectivity index (χ1) is 19.0. The average Bonchev–Trinajstić information content (AvgIpc) is 3.29. The van der Waals surface area contributed by atoms with Gasteiger partial charge in [-0.15, -0.1) is 0 Å². The Kier molecular flexibility index (Phi) is 19.7. The number of guanidine groups is 1. The van der Waals surface area contributed by atoms with E-state index in [9.17, 15) is 24.0 Å². The summed E-state index contributed by atoms with van der Waals surface area (Å²) in [6, 6.07) is 4.93. The Morgan fingerprint density at radius 3 is 1.76 bits per heavy atom. The molecule has 1 heterocycles. The SMILES string of the molecule is NC(=O)C[C@H](N)C(=O)O.NC(N)=NCCC[C@H](N)C(=O)O.NCC(=O)O.N[C@@H](Cc1c[nH]c2ccccc12)C(=O)O. The van der Waals surface area contributed by atoms with E-state index in [1.54, 1.807) is 0 Å². The van der Waals surface area contributed by atoms with Crippen LogP contribution in [0.5, 0.6) is 0 Å². The van der Waals surface area contributed by atoms with Gasteiger partial charge in [0.15, 0.2) is 5.96 Å². The molecule has 0 aliphatic carbocycles. The van der Waals surface area contributed by atoms with E-state index < -0.39 is 47.9 Å². The number of amides is 1. The standard InChI is InChI=1S/C11H12N2O2.C6H14N4O2.C4H8N2O3.C2H5NO2/c12-9(11(14)15)5-7-6-13-10-4-2-1-3-8(7)10;7-4(5(11)12)2-1-3-10-6(8)9;5-2(4(8)9)1-3(6)7;3-1-2(4)5/h1-4,6,9,13H,5,12H2,(H,14,15);4H,1-3,7H2,(H,11,12)(H4,8,9,10);2H,1,5H2,(H2,6,7)(H,8,9);1,3H2,(H,4,5)/t9-;4-;2-;/m000./s1. The van der Waals surface area contributed by atoms with Crippen LogP contribution in [0, 0.1) is 0 Å². The number of para-hydroxylation sites is 1. The van der Waals surface area contributed by atoms with Crippen molar-refractivity contribution in [2.45, 2.75) is 43.8 Å². The molecule has 2 rings (SSSR count). The van der Waals surface area contributed by atoms with Crippen molar-refractivity contribution in [2.75, 3.05) is 13.1 Å². The second kappa shape index (κ2) is 21.1. The van der Waals surface area contributed by atoms with Crippen LogP contribution in [-0.4, -0.2) is 92.4 Å². The van der Waals surface area contributed by atoms with E-state index in [-0.39, 0.29) is 18.9 Å². The van der Waals surface area contributed by atoms with E-state index in [4.69, 9.17) is 49.1 Å². The fourth-order valence-corrected chi connectivity index (χ4v) is 2.57. The Labute approximate surface area is 234 Å². The lowest BCUT2D eigenvalue weighted by molar-refractivity contribution is -0.140. The Bertz CT molecular complexity index is 1150. The maximum atomic E-state index is 10.6. The first-order valence-electron chi connectivity index (χ1n) is 11.8. The highest BCUT2D eigenvalue weighted by molar-refractivity contribution is 5.84. The van der Waals surface area contributed by atoms with Crippen LogP contribution in [-0.2, 0) is 30.4 Å². The molecule has 0 saturated heterocycles. The largest absolute Gasteiger partial charge is 0.480 e. The van der Waals surface area contributed by atoms with Crippen LogP contribution in [0.1, 0.15) is 24.8 Å². The van der Waals surface area contributed by atoms with Gasteiger partial charge in [0.25, 0.3) is 0 Å². The smallest absolute Gasteiger partial charge is 0.321 e. The summed E-state index contributed by atoms with van der Waals surface area (Å²) in [5.41, 5.74) is 36.9. The van der Waals surface area contributed by atoms with Crippen molar-refractivity contribution in [2.24, 2.45) is 45.1 Å². The van der Waals surface area contributed by atoms with Crippen molar-refractivity contribution >= 4 is 46.6 Å². The number of nitrogens with zero attached hydrogens (tertiary/aromatic N) is 1. The number of benzene rings is 1. The molecule has 1 amide bonds. The second-order valence-corrected chi connectivity index (χ2v) is 8.11. The third-order valence-electron chi connectivity index (χ3n) is 4.63. The number of aromatic nitrogens is 1. The van der Waals surface area contributed by atoms with Crippen molar-refractivity contribution < 1.29 is 44.4 Å². The lowest BCUT2D eigenvalue weighted by Crippen LogP contribution is -2.34. The normalized spacial score (nSPS) is 11.9. The van der Waals surface area contributed by atoms with E-state index in [1.807, 2.05) is 30.5 Å². The zero-order valence-corrected chi connectivity index (χ0v) is 22.2. The molecule has 0 fully saturated rings. The molecule has 0 aliphatic rings. The van der Waals surface area contributed by atoms with Crippen LogP contribution in [0.25, 0.3) is 10.9 Å². The van der Waals surface area contributed by atoms with Gasteiger partial charge in [-0.1, -0.05) is 18.2 Å². The number of aliphatic carboxylic acids is 4. The fourth-order valence-electron chi connectivity index (χ4n) is 2.57. The number of fused-ring (bicyclic) bond motifs is 1. The Morgan fingerprint density at radius 1 is 0.829 bits per heavy atom. The number of rotatable bonds is 12. The van der Waals surface area contributed by atoms with Crippen LogP contribution < -0.4 is 40.1 Å². The van der Waals surface area contributed by atoms with Gasteiger partial charge in [0, 0.05) is 30.1 Å². The number of carbonyl (C=O) groups excluding carboxylic acids is 1. The number of hydrogen-bond acceptors (Lipinski definition) is 10. The van der Waals surface area contributed by atoms with Gasteiger partial charge < -0.3 is 65.5 Å². The molecule has 18 heteroatoms. The number of carboxylic acids is 4. The minimum atomic E-state index is -1.21. The Hall–Kier alpha value is -4.78. The molecule has 230 valence electrons. The van der Waals surface area contributed by atoms with Crippen LogP contribution in [0.4, 0.5) is 0 Å². The van der Waals surface area contributed by atoms with Crippen molar-refractivity contribution in [1.82, 2.24) is 4.98 Å². The lowest BCUT2D eigenvalue weighted by Gasteiger charge is -2.04. The minimum absolute atomic E-state index is 0.0129. The summed E-state index contributed by atoms with van der Waals surface area (Å²) in [6.07, 6.45) is 2.81. The number of aromatic amines is 1. The first kappa shape index (κ1) is 38.4. The quantitative estimate of drug-likeness (QED) is 0.0665. The summed E-state index contributed by atoms with van der Waals surface area (Å²) in [4.78, 5) is 56.7.